The molecule has 4 heteroatoms. The zero-order chi connectivity index (χ0) is 11.4. The first kappa shape index (κ1) is 11.3. The fourth-order valence-corrected chi connectivity index (χ4v) is 1.99. The Morgan fingerprint density at radius 2 is 2.56 bits per heavy atom. The molecule has 0 aromatic carbocycles. The summed E-state index contributed by atoms with van der Waals surface area (Å²) in [7, 11) is 0. The normalized spacial score (nSPS) is 20.2. The molecule has 2 heterocycles. The molecule has 0 radical (unpaired) electrons. The number of hydrogen-bond donors (Lipinski definition) is 0. The van der Waals surface area contributed by atoms with Crippen molar-refractivity contribution in [3.05, 3.63) is 18.0 Å². The van der Waals surface area contributed by atoms with Crippen molar-refractivity contribution in [2.24, 2.45) is 0 Å². The van der Waals surface area contributed by atoms with E-state index in [4.69, 9.17) is 4.74 Å². The number of nitrogens with zero attached hydrogens (tertiary/aromatic N) is 2. The molecular formula is C12H18N2O2. The molecule has 0 spiro atoms. The lowest BCUT2D eigenvalue weighted by Gasteiger charge is -2.06. The lowest BCUT2D eigenvalue weighted by molar-refractivity contribution is 0.0859. The van der Waals surface area contributed by atoms with Gasteiger partial charge in [0, 0.05) is 25.8 Å². The lowest BCUT2D eigenvalue weighted by Crippen LogP contribution is -2.08. The summed E-state index contributed by atoms with van der Waals surface area (Å²) >= 11 is 0. The van der Waals surface area contributed by atoms with Gasteiger partial charge in [-0.2, -0.15) is 5.10 Å². The van der Waals surface area contributed by atoms with Crippen LogP contribution in [0.4, 0.5) is 0 Å². The molecule has 1 aliphatic heterocycles. The van der Waals surface area contributed by atoms with Crippen molar-refractivity contribution < 1.29 is 9.53 Å². The number of ketones is 1. The number of hydrogen-bond acceptors (Lipinski definition) is 3. The number of rotatable bonds is 5. The summed E-state index contributed by atoms with van der Waals surface area (Å²) in [4.78, 5) is 11.8. The second kappa shape index (κ2) is 5.25. The van der Waals surface area contributed by atoms with Gasteiger partial charge in [-0.1, -0.05) is 0 Å². The second-order valence-corrected chi connectivity index (χ2v) is 4.18. The van der Waals surface area contributed by atoms with Crippen LogP contribution in [-0.2, 0) is 11.3 Å². The van der Waals surface area contributed by atoms with Crippen molar-refractivity contribution in [2.45, 2.75) is 45.3 Å². The third-order valence-electron chi connectivity index (χ3n) is 3.00. The smallest absolute Gasteiger partial charge is 0.166 e. The maximum absolute atomic E-state index is 11.8. The van der Waals surface area contributed by atoms with Gasteiger partial charge in [-0.3, -0.25) is 9.48 Å². The maximum atomic E-state index is 11.8. The van der Waals surface area contributed by atoms with Crippen LogP contribution in [0.5, 0.6) is 0 Å². The van der Waals surface area contributed by atoms with E-state index >= 15 is 0 Å². The first-order valence-corrected chi connectivity index (χ1v) is 5.97. The van der Waals surface area contributed by atoms with E-state index < -0.39 is 0 Å². The van der Waals surface area contributed by atoms with Crippen molar-refractivity contribution in [3.63, 3.8) is 0 Å². The number of aromatic nitrogens is 2. The van der Waals surface area contributed by atoms with Gasteiger partial charge in [-0.15, -0.1) is 0 Å². The van der Waals surface area contributed by atoms with Crippen LogP contribution < -0.4 is 0 Å². The Morgan fingerprint density at radius 1 is 1.69 bits per heavy atom. The molecule has 4 nitrogen and oxygen atoms in total. The summed E-state index contributed by atoms with van der Waals surface area (Å²) in [6.07, 6.45) is 7.41. The summed E-state index contributed by atoms with van der Waals surface area (Å²) < 4.78 is 7.27. The van der Waals surface area contributed by atoms with Gasteiger partial charge in [0.25, 0.3) is 0 Å². The Morgan fingerprint density at radius 3 is 3.19 bits per heavy atom. The van der Waals surface area contributed by atoms with Crippen LogP contribution in [0.25, 0.3) is 0 Å². The highest BCUT2D eigenvalue weighted by Gasteiger charge is 2.17. The molecule has 1 saturated heterocycles. The van der Waals surface area contributed by atoms with Gasteiger partial charge in [0.15, 0.2) is 5.78 Å². The highest BCUT2D eigenvalue weighted by molar-refractivity contribution is 5.95. The minimum Gasteiger partial charge on any atom is -0.378 e. The predicted octanol–water partition coefficient (Wildman–Crippen LogP) is 2.04. The van der Waals surface area contributed by atoms with Gasteiger partial charge in [0.05, 0.1) is 17.9 Å². The first-order chi connectivity index (χ1) is 7.79. The number of ether oxygens (including phenoxy) is 1. The molecule has 1 fully saturated rings. The molecule has 0 bridgehead atoms. The molecule has 0 aliphatic carbocycles. The quantitative estimate of drug-likeness (QED) is 0.716. The van der Waals surface area contributed by atoms with Gasteiger partial charge in [-0.25, -0.2) is 0 Å². The molecule has 0 amide bonds. The zero-order valence-electron chi connectivity index (χ0n) is 9.69. The molecule has 1 aliphatic rings. The van der Waals surface area contributed by atoms with Crippen molar-refractivity contribution in [1.82, 2.24) is 9.78 Å². The monoisotopic (exact) mass is 222 g/mol. The van der Waals surface area contributed by atoms with Crippen molar-refractivity contribution in [1.29, 1.82) is 0 Å². The first-order valence-electron chi connectivity index (χ1n) is 5.97. The van der Waals surface area contributed by atoms with E-state index in [9.17, 15) is 4.79 Å². The molecule has 0 saturated carbocycles. The summed E-state index contributed by atoms with van der Waals surface area (Å²) in [6, 6.07) is 0. The average Bonchev–Trinajstić information content (AvgIpc) is 2.96. The maximum Gasteiger partial charge on any atom is 0.166 e. The van der Waals surface area contributed by atoms with Crippen LogP contribution in [0.1, 0.15) is 43.0 Å². The van der Waals surface area contributed by atoms with Crippen LogP contribution in [0.3, 0.4) is 0 Å². The van der Waals surface area contributed by atoms with E-state index in [1.165, 1.54) is 0 Å². The third-order valence-corrected chi connectivity index (χ3v) is 3.00. The topological polar surface area (TPSA) is 44.1 Å². The summed E-state index contributed by atoms with van der Waals surface area (Å²) in [5.41, 5.74) is 0.722. The molecule has 1 unspecified atom stereocenters. The molecule has 1 aromatic heterocycles. The highest BCUT2D eigenvalue weighted by atomic mass is 16.5. The zero-order valence-corrected chi connectivity index (χ0v) is 9.69. The van der Waals surface area contributed by atoms with Crippen molar-refractivity contribution >= 4 is 5.78 Å². The molecule has 2 rings (SSSR count). The van der Waals surface area contributed by atoms with Gasteiger partial charge >= 0.3 is 0 Å². The Labute approximate surface area is 95.6 Å². The lowest BCUT2D eigenvalue weighted by atomic mass is 10.1. The van der Waals surface area contributed by atoms with E-state index in [-0.39, 0.29) is 5.78 Å². The standard InChI is InChI=1S/C12H18N2O2/c1-2-14-9-10(8-13-14)12(15)6-5-11-4-3-7-16-11/h8-9,11H,2-7H2,1H3. The Kier molecular flexibility index (Phi) is 3.72. The van der Waals surface area contributed by atoms with Crippen LogP contribution in [0, 0.1) is 0 Å². The molecule has 1 aromatic rings. The molecule has 0 N–H and O–H groups in total. The van der Waals surface area contributed by atoms with Crippen LogP contribution in [0.2, 0.25) is 0 Å². The fraction of sp³-hybridized carbons (Fsp3) is 0.667. The van der Waals surface area contributed by atoms with Crippen molar-refractivity contribution in [3.8, 4) is 0 Å². The number of carbonyl (C=O) groups is 1. The summed E-state index contributed by atoms with van der Waals surface area (Å²) in [5, 5.41) is 4.10. The van der Waals surface area contributed by atoms with Gasteiger partial charge in [-0.05, 0) is 26.2 Å². The largest absolute Gasteiger partial charge is 0.378 e. The van der Waals surface area contributed by atoms with Crippen LogP contribution in [0.15, 0.2) is 12.4 Å². The van der Waals surface area contributed by atoms with E-state index in [1.54, 1.807) is 10.9 Å². The molecule has 88 valence electrons. The Balaban J connectivity index is 1.82. The predicted molar refractivity (Wildman–Crippen MR) is 60.4 cm³/mol. The average molecular weight is 222 g/mol. The summed E-state index contributed by atoms with van der Waals surface area (Å²) in [6.45, 7) is 3.67. The van der Waals surface area contributed by atoms with E-state index in [0.717, 1.165) is 38.0 Å². The summed E-state index contributed by atoms with van der Waals surface area (Å²) in [5.74, 6) is 0.176. The SMILES string of the molecule is CCn1cc(C(=O)CCC2CCCO2)cn1. The van der Waals surface area contributed by atoms with Crippen LogP contribution >= 0.6 is 0 Å². The molecular weight excluding hydrogens is 204 g/mol. The molecule has 16 heavy (non-hydrogen) atoms. The number of carbonyl (C=O) groups excluding carboxylic acids is 1. The minimum absolute atomic E-state index is 0.176. The van der Waals surface area contributed by atoms with Crippen molar-refractivity contribution in [2.75, 3.05) is 6.61 Å². The Hall–Kier alpha value is -1.16. The second-order valence-electron chi connectivity index (χ2n) is 4.18. The fourth-order valence-electron chi connectivity index (χ4n) is 1.99. The van der Waals surface area contributed by atoms with Crippen LogP contribution in [-0.4, -0.2) is 28.3 Å². The highest BCUT2D eigenvalue weighted by Crippen LogP contribution is 2.18. The van der Waals surface area contributed by atoms with E-state index in [2.05, 4.69) is 5.10 Å². The Bertz CT molecular complexity index is 354. The number of aryl methyl sites for hydroxylation is 1. The minimum atomic E-state index is 0.176. The third kappa shape index (κ3) is 2.70. The van der Waals surface area contributed by atoms with Gasteiger partial charge in [0.2, 0.25) is 0 Å². The van der Waals surface area contributed by atoms with Gasteiger partial charge < -0.3 is 4.74 Å². The number of Topliss-reactive ketones (excluding diaryl/α,β-unsaturated/α-hetero) is 1. The van der Waals surface area contributed by atoms with E-state index in [1.807, 2.05) is 13.1 Å². The molecule has 1 atom stereocenters. The van der Waals surface area contributed by atoms with Gasteiger partial charge in [0.1, 0.15) is 0 Å². The van der Waals surface area contributed by atoms with E-state index in [0.29, 0.717) is 12.5 Å².